The lowest BCUT2D eigenvalue weighted by Gasteiger charge is -2.21. The lowest BCUT2D eigenvalue weighted by molar-refractivity contribution is 0.102. The summed E-state index contributed by atoms with van der Waals surface area (Å²) in [7, 11) is 0. The van der Waals surface area contributed by atoms with E-state index in [4.69, 9.17) is 0 Å². The zero-order chi connectivity index (χ0) is 18.9. The Morgan fingerprint density at radius 1 is 1.04 bits per heavy atom. The highest BCUT2D eigenvalue weighted by molar-refractivity contribution is 6.12. The van der Waals surface area contributed by atoms with Gasteiger partial charge in [0.1, 0.15) is 0 Å². The summed E-state index contributed by atoms with van der Waals surface area (Å²) in [5.74, 6) is -0.135. The van der Waals surface area contributed by atoms with Gasteiger partial charge in [0.2, 0.25) is 0 Å². The van der Waals surface area contributed by atoms with Crippen LogP contribution in [0.3, 0.4) is 0 Å². The molecule has 1 aliphatic rings. The number of nitrogens with zero attached hydrogens (tertiary/aromatic N) is 2. The van der Waals surface area contributed by atoms with E-state index in [1.807, 2.05) is 36.4 Å². The quantitative estimate of drug-likeness (QED) is 0.562. The molecular formula is C23H20N4O. The van der Waals surface area contributed by atoms with Crippen molar-refractivity contribution in [1.82, 2.24) is 10.2 Å². The van der Waals surface area contributed by atoms with E-state index in [2.05, 4.69) is 50.7 Å². The molecule has 1 amide bonds. The molecule has 0 saturated heterocycles. The molecule has 0 unspecified atom stereocenters. The molecule has 1 aromatic heterocycles. The first-order valence-electron chi connectivity index (χ1n) is 9.44. The minimum absolute atomic E-state index is 0.135. The second kappa shape index (κ2) is 6.85. The second-order valence-electron chi connectivity index (χ2n) is 7.05. The number of H-pyrrole nitrogens is 1. The molecule has 5 heteroatoms. The third-order valence-corrected chi connectivity index (χ3v) is 5.33. The molecule has 0 saturated carbocycles. The Kier molecular flexibility index (Phi) is 4.05. The van der Waals surface area contributed by atoms with Gasteiger partial charge in [-0.05, 0) is 35.7 Å². The smallest absolute Gasteiger partial charge is 0.257 e. The molecule has 3 aromatic carbocycles. The molecule has 5 rings (SSSR count). The fourth-order valence-corrected chi connectivity index (χ4v) is 3.90. The van der Waals surface area contributed by atoms with Gasteiger partial charge in [-0.2, -0.15) is 5.10 Å². The third-order valence-electron chi connectivity index (χ3n) is 5.33. The first-order chi connectivity index (χ1) is 13.8. The fourth-order valence-electron chi connectivity index (χ4n) is 3.90. The Hall–Kier alpha value is -3.60. The van der Waals surface area contributed by atoms with E-state index in [1.54, 1.807) is 6.20 Å². The van der Waals surface area contributed by atoms with Gasteiger partial charge in [-0.1, -0.05) is 48.5 Å². The first kappa shape index (κ1) is 16.6. The summed E-state index contributed by atoms with van der Waals surface area (Å²) in [5, 5.41) is 11.0. The van der Waals surface area contributed by atoms with Crippen LogP contribution in [0.5, 0.6) is 0 Å². The highest BCUT2D eigenvalue weighted by atomic mass is 16.1. The largest absolute Gasteiger partial charge is 0.367 e. The number of rotatable bonds is 4. The molecule has 1 aliphatic heterocycles. The Bertz CT molecular complexity index is 1160. The molecule has 0 aliphatic carbocycles. The molecule has 0 radical (unpaired) electrons. The fraction of sp³-hybridized carbons (Fsp3) is 0.130. The van der Waals surface area contributed by atoms with E-state index < -0.39 is 0 Å². The van der Waals surface area contributed by atoms with Crippen molar-refractivity contribution in [3.05, 3.63) is 89.6 Å². The Balaban J connectivity index is 1.41. The number of fused-ring (bicyclic) bond motifs is 2. The summed E-state index contributed by atoms with van der Waals surface area (Å²) in [5.41, 5.74) is 5.96. The summed E-state index contributed by atoms with van der Waals surface area (Å²) < 4.78 is 0. The molecular weight excluding hydrogens is 348 g/mol. The van der Waals surface area contributed by atoms with Crippen LogP contribution in [0.2, 0.25) is 0 Å². The van der Waals surface area contributed by atoms with Crippen LogP contribution < -0.4 is 10.2 Å². The Morgan fingerprint density at radius 3 is 2.86 bits per heavy atom. The van der Waals surface area contributed by atoms with Crippen molar-refractivity contribution in [3.63, 3.8) is 0 Å². The van der Waals surface area contributed by atoms with E-state index in [9.17, 15) is 4.79 Å². The zero-order valence-corrected chi connectivity index (χ0v) is 15.4. The highest BCUT2D eigenvalue weighted by Gasteiger charge is 2.20. The maximum atomic E-state index is 12.9. The van der Waals surface area contributed by atoms with Crippen LogP contribution in [0, 0.1) is 0 Å². The maximum absolute atomic E-state index is 12.9. The second-order valence-corrected chi connectivity index (χ2v) is 7.05. The molecule has 2 heterocycles. The van der Waals surface area contributed by atoms with E-state index in [1.165, 1.54) is 11.3 Å². The molecule has 0 fully saturated rings. The standard InChI is InChI=1S/C23H20N4O/c28-23(19-9-5-8-17-14-24-26-22(17)19)25-20-10-3-1-7-18(20)15-27-13-12-16-6-2-4-11-21(16)27/h1-11,14H,12-13,15H2,(H,24,26)(H,25,28). The SMILES string of the molecule is O=C(Nc1ccccc1CN1CCc2ccccc21)c1cccc2cn[nH]c12. The first-order valence-corrected chi connectivity index (χ1v) is 9.44. The number of para-hydroxylation sites is 3. The molecule has 4 aromatic rings. The Morgan fingerprint density at radius 2 is 1.89 bits per heavy atom. The molecule has 2 N–H and O–H groups in total. The summed E-state index contributed by atoms with van der Waals surface area (Å²) in [6.45, 7) is 1.76. The van der Waals surface area contributed by atoms with Crippen molar-refractivity contribution in [3.8, 4) is 0 Å². The number of aromatic amines is 1. The van der Waals surface area contributed by atoms with Crippen molar-refractivity contribution < 1.29 is 4.79 Å². The van der Waals surface area contributed by atoms with Crippen LogP contribution in [-0.4, -0.2) is 22.6 Å². The highest BCUT2D eigenvalue weighted by Crippen LogP contribution is 2.30. The van der Waals surface area contributed by atoms with Gasteiger partial charge in [0.05, 0.1) is 17.3 Å². The topological polar surface area (TPSA) is 61.0 Å². The summed E-state index contributed by atoms with van der Waals surface area (Å²) in [6.07, 6.45) is 2.79. The normalized spacial score (nSPS) is 12.9. The van der Waals surface area contributed by atoms with Crippen LogP contribution in [0.4, 0.5) is 11.4 Å². The third kappa shape index (κ3) is 2.91. The number of carbonyl (C=O) groups excluding carboxylic acids is 1. The van der Waals surface area contributed by atoms with E-state index >= 15 is 0 Å². The van der Waals surface area contributed by atoms with Crippen molar-refractivity contribution in [2.75, 3.05) is 16.8 Å². The number of hydrogen-bond acceptors (Lipinski definition) is 3. The van der Waals surface area contributed by atoms with E-state index in [0.29, 0.717) is 5.56 Å². The molecule has 138 valence electrons. The average molecular weight is 368 g/mol. The minimum atomic E-state index is -0.135. The van der Waals surface area contributed by atoms with Gasteiger partial charge in [-0.15, -0.1) is 0 Å². The van der Waals surface area contributed by atoms with Crippen LogP contribution >= 0.6 is 0 Å². The van der Waals surface area contributed by atoms with Crippen LogP contribution in [0.1, 0.15) is 21.5 Å². The molecule has 0 bridgehead atoms. The van der Waals surface area contributed by atoms with Crippen molar-refractivity contribution in [2.24, 2.45) is 0 Å². The minimum Gasteiger partial charge on any atom is -0.367 e. The summed E-state index contributed by atoms with van der Waals surface area (Å²) >= 11 is 0. The lowest BCUT2D eigenvalue weighted by Crippen LogP contribution is -2.21. The number of amides is 1. The van der Waals surface area contributed by atoms with Crippen molar-refractivity contribution >= 4 is 28.2 Å². The number of hydrogen-bond donors (Lipinski definition) is 2. The molecule has 28 heavy (non-hydrogen) atoms. The summed E-state index contributed by atoms with van der Waals surface area (Å²) in [4.78, 5) is 15.3. The maximum Gasteiger partial charge on any atom is 0.257 e. The predicted octanol–water partition coefficient (Wildman–Crippen LogP) is 4.38. The van der Waals surface area contributed by atoms with Gasteiger partial charge in [-0.3, -0.25) is 9.89 Å². The van der Waals surface area contributed by atoms with Crippen LogP contribution in [0.15, 0.2) is 72.9 Å². The van der Waals surface area contributed by atoms with E-state index in [0.717, 1.165) is 41.7 Å². The van der Waals surface area contributed by atoms with Crippen molar-refractivity contribution in [2.45, 2.75) is 13.0 Å². The zero-order valence-electron chi connectivity index (χ0n) is 15.4. The lowest BCUT2D eigenvalue weighted by atomic mass is 10.1. The van der Waals surface area contributed by atoms with Crippen LogP contribution in [0.25, 0.3) is 10.9 Å². The average Bonchev–Trinajstić information content (AvgIpc) is 3.36. The molecule has 0 spiro atoms. The van der Waals surface area contributed by atoms with Gasteiger partial charge < -0.3 is 10.2 Å². The van der Waals surface area contributed by atoms with Gasteiger partial charge in [0.15, 0.2) is 0 Å². The number of carbonyl (C=O) groups is 1. The van der Waals surface area contributed by atoms with E-state index in [-0.39, 0.29) is 5.91 Å². The molecule has 0 atom stereocenters. The van der Waals surface area contributed by atoms with Gasteiger partial charge >= 0.3 is 0 Å². The van der Waals surface area contributed by atoms with Crippen LogP contribution in [-0.2, 0) is 13.0 Å². The van der Waals surface area contributed by atoms with Gasteiger partial charge in [0.25, 0.3) is 5.91 Å². The van der Waals surface area contributed by atoms with Gasteiger partial charge in [0, 0.05) is 29.9 Å². The molecule has 5 nitrogen and oxygen atoms in total. The number of nitrogens with one attached hydrogen (secondary N) is 2. The van der Waals surface area contributed by atoms with Crippen molar-refractivity contribution in [1.29, 1.82) is 0 Å². The predicted molar refractivity (Wildman–Crippen MR) is 112 cm³/mol. The monoisotopic (exact) mass is 368 g/mol. The number of aromatic nitrogens is 2. The Labute approximate surface area is 163 Å². The summed E-state index contributed by atoms with van der Waals surface area (Å²) in [6, 6.07) is 22.2. The number of anilines is 2. The number of benzene rings is 3. The van der Waals surface area contributed by atoms with Gasteiger partial charge in [-0.25, -0.2) is 0 Å².